The number of anilines is 1. The molecule has 264 valence electrons. The maximum atomic E-state index is 13.6. The summed E-state index contributed by atoms with van der Waals surface area (Å²) < 4.78 is 6.25. The van der Waals surface area contributed by atoms with Crippen LogP contribution in [0.1, 0.15) is 87.2 Å². The van der Waals surface area contributed by atoms with E-state index >= 15 is 0 Å². The number of unbranched alkanes of at least 4 members (excludes halogenated alkanes) is 1. The first-order valence-corrected chi connectivity index (χ1v) is 17.8. The summed E-state index contributed by atoms with van der Waals surface area (Å²) in [7, 11) is 0. The number of carbonyl (C=O) groups excluding carboxylic acids is 1. The Hall–Kier alpha value is -6.02. The first kappa shape index (κ1) is 35.8. The number of fused-ring (bicyclic) bond motifs is 1. The third kappa shape index (κ3) is 8.64. The Morgan fingerprint density at radius 1 is 0.750 bits per heavy atom. The molecular formula is C44H43N3O5. The number of aryl methyl sites for hydroxylation is 1. The van der Waals surface area contributed by atoms with Crippen LogP contribution in [0.2, 0.25) is 0 Å². The Morgan fingerprint density at radius 3 is 2.23 bits per heavy atom. The summed E-state index contributed by atoms with van der Waals surface area (Å²) in [4.78, 5) is 48.0. The first-order valence-electron chi connectivity index (χ1n) is 17.8. The number of hydrogen-bond donors (Lipinski definition) is 2. The molecule has 0 fully saturated rings. The third-order valence-electron chi connectivity index (χ3n) is 9.18. The first-order chi connectivity index (χ1) is 25.3. The smallest absolute Gasteiger partial charge is 0.335 e. The largest absolute Gasteiger partial charge is 0.489 e. The topological polar surface area (TPSA) is 113 Å². The second kappa shape index (κ2) is 16.8. The van der Waals surface area contributed by atoms with Crippen LogP contribution in [0.25, 0.3) is 10.9 Å². The molecule has 6 aromatic rings. The number of benzene rings is 5. The van der Waals surface area contributed by atoms with Crippen molar-refractivity contribution in [2.45, 2.75) is 59.1 Å². The van der Waals surface area contributed by atoms with Crippen molar-refractivity contribution in [2.24, 2.45) is 0 Å². The molecule has 0 bridgehead atoms. The molecule has 2 N–H and O–H groups in total. The van der Waals surface area contributed by atoms with Gasteiger partial charge in [-0.3, -0.25) is 14.6 Å². The highest BCUT2D eigenvalue weighted by Gasteiger charge is 2.18. The highest BCUT2D eigenvalue weighted by molar-refractivity contribution is 6.09. The molecule has 0 aliphatic heterocycles. The predicted molar refractivity (Wildman–Crippen MR) is 206 cm³/mol. The minimum Gasteiger partial charge on any atom is -0.489 e. The number of nitrogens with one attached hydrogen (secondary N) is 1. The molecule has 0 saturated carbocycles. The zero-order valence-corrected chi connectivity index (χ0v) is 29.6. The summed E-state index contributed by atoms with van der Waals surface area (Å²) in [6.45, 7) is 5.80. The summed E-state index contributed by atoms with van der Waals surface area (Å²) in [6.07, 6.45) is 4.24. The van der Waals surface area contributed by atoms with Gasteiger partial charge in [-0.05, 0) is 83.5 Å². The van der Waals surface area contributed by atoms with Crippen LogP contribution in [0.5, 0.6) is 5.75 Å². The van der Waals surface area contributed by atoms with Crippen LogP contribution in [0.3, 0.4) is 0 Å². The fraction of sp³-hybridized carbons (Fsp3) is 0.227. The number of carboxylic acids is 1. The van der Waals surface area contributed by atoms with E-state index in [-0.39, 0.29) is 16.9 Å². The lowest BCUT2D eigenvalue weighted by Gasteiger charge is -2.25. The molecule has 0 amide bonds. The summed E-state index contributed by atoms with van der Waals surface area (Å²) in [5, 5.41) is 9.78. The Bertz CT molecular complexity index is 2230. The Morgan fingerprint density at radius 2 is 1.48 bits per heavy atom. The van der Waals surface area contributed by atoms with E-state index < -0.39 is 5.97 Å². The van der Waals surface area contributed by atoms with Crippen molar-refractivity contribution in [3.63, 3.8) is 0 Å². The number of para-hydroxylation sites is 1. The number of aromatic nitrogens is 2. The average molecular weight is 694 g/mol. The molecule has 8 heteroatoms. The van der Waals surface area contributed by atoms with Gasteiger partial charge >= 0.3 is 5.97 Å². The zero-order chi connectivity index (χ0) is 36.5. The van der Waals surface area contributed by atoms with Crippen LogP contribution >= 0.6 is 0 Å². The molecule has 6 rings (SSSR count). The summed E-state index contributed by atoms with van der Waals surface area (Å²) >= 11 is 0. The predicted octanol–water partition coefficient (Wildman–Crippen LogP) is 8.78. The number of hydrogen-bond acceptors (Lipinski definition) is 6. The number of carbonyl (C=O) groups is 2. The molecule has 5 aromatic carbocycles. The van der Waals surface area contributed by atoms with Crippen molar-refractivity contribution in [1.29, 1.82) is 0 Å². The van der Waals surface area contributed by atoms with Gasteiger partial charge in [0.15, 0.2) is 5.78 Å². The fourth-order valence-corrected chi connectivity index (χ4v) is 6.35. The maximum absolute atomic E-state index is 13.6. The van der Waals surface area contributed by atoms with Crippen LogP contribution in [-0.2, 0) is 26.0 Å². The summed E-state index contributed by atoms with van der Waals surface area (Å²) in [5.74, 6) is 0.319. The van der Waals surface area contributed by atoms with E-state index in [0.717, 1.165) is 59.3 Å². The standard InChI is InChI=1S/C44H43N3O5/c1-3-5-24-47(44-45-39-15-10-9-14-38(39)42(49)46-44)28-36-22-21-35(41(48)32-12-7-6-8-13-32)27-37(36)26-31-18-23-40(34(25-31)11-4-2)52-29-30-16-19-33(20-17-30)43(50)51/h6-10,12-23,25,27H,3-5,11,24,26,28-29H2,1-2H3,(H,50,51)(H,45,46,49). The van der Waals surface area contributed by atoms with Gasteiger partial charge in [-0.2, -0.15) is 0 Å². The van der Waals surface area contributed by atoms with Crippen molar-refractivity contribution >= 4 is 28.6 Å². The second-order valence-electron chi connectivity index (χ2n) is 13.0. The van der Waals surface area contributed by atoms with E-state index in [1.165, 1.54) is 0 Å². The molecule has 1 aromatic heterocycles. The average Bonchev–Trinajstić information content (AvgIpc) is 3.17. The number of aromatic carboxylic acids is 1. The van der Waals surface area contributed by atoms with Crippen molar-refractivity contribution < 1.29 is 19.4 Å². The van der Waals surface area contributed by atoms with Crippen LogP contribution in [0.15, 0.2) is 120 Å². The Labute approximate surface area is 303 Å². The highest BCUT2D eigenvalue weighted by Crippen LogP contribution is 2.27. The quantitative estimate of drug-likeness (QED) is 0.0975. The van der Waals surface area contributed by atoms with Gasteiger partial charge in [-0.1, -0.05) is 106 Å². The molecule has 0 unspecified atom stereocenters. The third-order valence-corrected chi connectivity index (χ3v) is 9.18. The molecular weight excluding hydrogens is 651 g/mol. The van der Waals surface area contributed by atoms with Gasteiger partial charge in [0.05, 0.1) is 16.5 Å². The van der Waals surface area contributed by atoms with Crippen molar-refractivity contribution in [3.8, 4) is 5.75 Å². The van der Waals surface area contributed by atoms with E-state index in [9.17, 15) is 19.5 Å². The fourth-order valence-electron chi connectivity index (χ4n) is 6.35. The lowest BCUT2D eigenvalue weighted by atomic mass is 9.93. The molecule has 1 heterocycles. The SMILES string of the molecule is CCCCN(Cc1ccc(C(=O)c2ccccc2)cc1Cc1ccc(OCc2ccc(C(=O)O)cc2)c(CCC)c1)c1nc2ccccc2c(=O)[nH]1. The van der Waals surface area contributed by atoms with Gasteiger partial charge in [-0.25, -0.2) is 9.78 Å². The molecule has 0 spiro atoms. The molecule has 0 aliphatic rings. The van der Waals surface area contributed by atoms with Crippen molar-refractivity contribution in [3.05, 3.63) is 170 Å². The van der Waals surface area contributed by atoms with Gasteiger partial charge in [0, 0.05) is 24.2 Å². The Kier molecular flexibility index (Phi) is 11.6. The zero-order valence-electron chi connectivity index (χ0n) is 29.6. The molecule has 52 heavy (non-hydrogen) atoms. The number of carboxylic acid groups (broad SMARTS) is 1. The van der Waals surface area contributed by atoms with Crippen molar-refractivity contribution in [1.82, 2.24) is 9.97 Å². The monoisotopic (exact) mass is 693 g/mol. The highest BCUT2D eigenvalue weighted by atomic mass is 16.5. The van der Waals surface area contributed by atoms with Gasteiger partial charge in [-0.15, -0.1) is 0 Å². The van der Waals surface area contributed by atoms with Gasteiger partial charge in [0.2, 0.25) is 5.95 Å². The number of ketones is 1. The minimum absolute atomic E-state index is 0.0384. The normalized spacial score (nSPS) is 11.0. The summed E-state index contributed by atoms with van der Waals surface area (Å²) in [5.41, 5.74) is 7.08. The Balaban J connectivity index is 1.33. The molecule has 0 saturated heterocycles. The number of aromatic amines is 1. The molecule has 0 aliphatic carbocycles. The van der Waals surface area contributed by atoms with E-state index in [2.05, 4.69) is 35.9 Å². The molecule has 0 radical (unpaired) electrons. The van der Waals surface area contributed by atoms with Gasteiger partial charge in [0.25, 0.3) is 5.56 Å². The van der Waals surface area contributed by atoms with Gasteiger partial charge in [0.1, 0.15) is 12.4 Å². The number of H-pyrrole nitrogens is 1. The number of nitrogens with zero attached hydrogens (tertiary/aromatic N) is 2. The van der Waals surface area contributed by atoms with Crippen LogP contribution in [0.4, 0.5) is 5.95 Å². The minimum atomic E-state index is -0.958. The van der Waals surface area contributed by atoms with Crippen LogP contribution < -0.4 is 15.2 Å². The van der Waals surface area contributed by atoms with E-state index in [1.807, 2.05) is 72.8 Å². The lowest BCUT2D eigenvalue weighted by molar-refractivity contribution is 0.0696. The van der Waals surface area contributed by atoms with E-state index in [1.54, 1.807) is 30.3 Å². The van der Waals surface area contributed by atoms with Crippen LogP contribution in [0, 0.1) is 0 Å². The number of rotatable bonds is 16. The van der Waals surface area contributed by atoms with Crippen molar-refractivity contribution in [2.75, 3.05) is 11.4 Å². The summed E-state index contributed by atoms with van der Waals surface area (Å²) in [6, 6.07) is 35.6. The second-order valence-corrected chi connectivity index (χ2v) is 13.0. The van der Waals surface area contributed by atoms with Crippen LogP contribution in [-0.4, -0.2) is 33.4 Å². The number of ether oxygens (including phenoxy) is 1. The molecule has 0 atom stereocenters. The maximum Gasteiger partial charge on any atom is 0.335 e. The van der Waals surface area contributed by atoms with E-state index in [0.29, 0.717) is 54.1 Å². The lowest BCUT2D eigenvalue weighted by Crippen LogP contribution is -2.28. The molecule has 8 nitrogen and oxygen atoms in total. The van der Waals surface area contributed by atoms with Gasteiger partial charge < -0.3 is 14.7 Å². The van der Waals surface area contributed by atoms with E-state index in [4.69, 9.17) is 9.72 Å².